The van der Waals surface area contributed by atoms with E-state index in [1.165, 1.54) is 7.11 Å². The maximum absolute atomic E-state index is 12.1. The van der Waals surface area contributed by atoms with Crippen molar-refractivity contribution >= 4 is 60.4 Å². The van der Waals surface area contributed by atoms with Gasteiger partial charge < -0.3 is 10.1 Å². The highest BCUT2D eigenvalue weighted by Gasteiger charge is 2.26. The molecule has 0 saturated heterocycles. The van der Waals surface area contributed by atoms with E-state index in [9.17, 15) is 13.2 Å². The number of halogens is 4. The maximum Gasteiger partial charge on any atom is 0.262 e. The second-order valence-electron chi connectivity index (χ2n) is 4.05. The summed E-state index contributed by atoms with van der Waals surface area (Å²) >= 11 is 17.6. The van der Waals surface area contributed by atoms with Crippen LogP contribution in [-0.2, 0) is 13.8 Å². The van der Waals surface area contributed by atoms with Crippen LogP contribution in [0.25, 0.3) is 0 Å². The molecule has 1 unspecified atom stereocenters. The fourth-order valence-electron chi connectivity index (χ4n) is 1.37. The molecule has 0 fully saturated rings. The molecule has 1 amide bonds. The van der Waals surface area contributed by atoms with Crippen molar-refractivity contribution < 1.29 is 17.9 Å². The molecule has 0 spiro atoms. The summed E-state index contributed by atoms with van der Waals surface area (Å²) in [7, 11) is 2.56. The molecule has 118 valence electrons. The molecule has 0 radical (unpaired) electrons. The van der Waals surface area contributed by atoms with E-state index in [1.807, 2.05) is 0 Å². The Morgan fingerprint density at radius 2 is 1.90 bits per heavy atom. The highest BCUT2D eigenvalue weighted by Crippen LogP contribution is 2.37. The highest BCUT2D eigenvalue weighted by atomic mass is 35.7. The number of hydrogen-bond donors (Lipinski definition) is 1. The van der Waals surface area contributed by atoms with Gasteiger partial charge in [0.25, 0.3) is 15.0 Å². The molecular weight excluding hydrogens is 384 g/mol. The monoisotopic (exact) mass is 393 g/mol. The Morgan fingerprint density at radius 3 is 2.38 bits per heavy atom. The Bertz CT molecular complexity index is 663. The van der Waals surface area contributed by atoms with Gasteiger partial charge in [-0.05, 0) is 13.0 Å². The first-order valence-corrected chi connectivity index (χ1v) is 8.97. The summed E-state index contributed by atoms with van der Waals surface area (Å²) in [5, 5.41) is 1.81. The lowest BCUT2D eigenvalue weighted by Crippen LogP contribution is -2.32. The summed E-state index contributed by atoms with van der Waals surface area (Å²) in [6.07, 6.45) is -0.248. The summed E-state index contributed by atoms with van der Waals surface area (Å²) in [6, 6.07) is 0.989. The van der Waals surface area contributed by atoms with Crippen LogP contribution >= 0.6 is 45.5 Å². The third-order valence-electron chi connectivity index (χ3n) is 2.56. The van der Waals surface area contributed by atoms with Gasteiger partial charge in [-0.2, -0.15) is 0 Å². The maximum atomic E-state index is 12.1. The van der Waals surface area contributed by atoms with E-state index in [4.69, 9.17) is 50.2 Å². The minimum Gasteiger partial charge on any atom is -0.380 e. The Hall–Kier alpha value is -0.240. The molecule has 0 aliphatic heterocycles. The number of methoxy groups -OCH3 is 1. The molecule has 0 aromatic heterocycles. The van der Waals surface area contributed by atoms with E-state index < -0.39 is 19.9 Å². The molecule has 1 aromatic rings. The molecule has 1 N–H and O–H groups in total. The molecule has 5 nitrogen and oxygen atoms in total. The van der Waals surface area contributed by atoms with Gasteiger partial charge in [-0.1, -0.05) is 34.8 Å². The molecule has 21 heavy (non-hydrogen) atoms. The van der Waals surface area contributed by atoms with Gasteiger partial charge in [0.05, 0.1) is 26.7 Å². The number of carbonyl (C=O) groups excluding carboxylic acids is 1. The van der Waals surface area contributed by atoms with Crippen molar-refractivity contribution in [3.63, 3.8) is 0 Å². The number of carbonyl (C=O) groups is 1. The first-order chi connectivity index (χ1) is 9.59. The number of ether oxygens (including phenoxy) is 1. The molecular formula is C11H11Cl4NO4S. The van der Waals surface area contributed by atoms with Crippen LogP contribution in [0, 0.1) is 0 Å². The third kappa shape index (κ3) is 4.61. The van der Waals surface area contributed by atoms with Crippen molar-refractivity contribution in [1.82, 2.24) is 5.32 Å². The van der Waals surface area contributed by atoms with Gasteiger partial charge >= 0.3 is 0 Å². The molecule has 0 bridgehead atoms. The highest BCUT2D eigenvalue weighted by molar-refractivity contribution is 8.13. The average molecular weight is 395 g/mol. The van der Waals surface area contributed by atoms with E-state index in [1.54, 1.807) is 6.92 Å². The topological polar surface area (TPSA) is 72.5 Å². The zero-order chi connectivity index (χ0) is 16.4. The van der Waals surface area contributed by atoms with E-state index in [0.717, 1.165) is 6.07 Å². The summed E-state index contributed by atoms with van der Waals surface area (Å²) in [4.78, 5) is 11.6. The normalized spacial score (nSPS) is 13.0. The van der Waals surface area contributed by atoms with E-state index in [0.29, 0.717) is 0 Å². The molecule has 10 heteroatoms. The largest absolute Gasteiger partial charge is 0.380 e. The Kier molecular flexibility index (Phi) is 6.58. The Morgan fingerprint density at radius 1 is 1.33 bits per heavy atom. The molecule has 1 aromatic carbocycles. The predicted molar refractivity (Wildman–Crippen MR) is 83.3 cm³/mol. The number of hydrogen-bond acceptors (Lipinski definition) is 4. The van der Waals surface area contributed by atoms with Crippen molar-refractivity contribution in [2.45, 2.75) is 17.9 Å². The van der Waals surface area contributed by atoms with Crippen LogP contribution in [0.1, 0.15) is 17.3 Å². The van der Waals surface area contributed by atoms with Crippen LogP contribution in [-0.4, -0.2) is 34.1 Å². The standard InChI is InChI=1S/C11H11Cl4NO4S/c1-5(20-2)4-16-11(17)8-9(13)6(12)3-7(10(8)14)21(15,18)19/h3,5H,4H2,1-2H3,(H,16,17). The minimum absolute atomic E-state index is 0.148. The van der Waals surface area contributed by atoms with Crippen molar-refractivity contribution in [3.8, 4) is 0 Å². The Labute approximate surface area is 141 Å². The summed E-state index contributed by atoms with van der Waals surface area (Å²) in [5.74, 6) is -0.682. The van der Waals surface area contributed by atoms with Crippen LogP contribution in [0.5, 0.6) is 0 Å². The smallest absolute Gasteiger partial charge is 0.262 e. The SMILES string of the molecule is COC(C)CNC(=O)c1c(Cl)c(Cl)cc(S(=O)(=O)Cl)c1Cl. The van der Waals surface area contributed by atoms with Crippen LogP contribution in [0.15, 0.2) is 11.0 Å². The summed E-state index contributed by atoms with van der Waals surface area (Å²) in [5.41, 5.74) is -0.256. The van der Waals surface area contributed by atoms with Gasteiger partial charge in [-0.15, -0.1) is 0 Å². The first-order valence-electron chi connectivity index (χ1n) is 5.52. The van der Waals surface area contributed by atoms with Gasteiger partial charge in [0.15, 0.2) is 0 Å². The van der Waals surface area contributed by atoms with Gasteiger partial charge in [-0.25, -0.2) is 8.42 Å². The molecule has 0 aliphatic carbocycles. The van der Waals surface area contributed by atoms with Crippen molar-refractivity contribution in [2.24, 2.45) is 0 Å². The quantitative estimate of drug-likeness (QED) is 0.613. The zero-order valence-corrected chi connectivity index (χ0v) is 14.8. The van der Waals surface area contributed by atoms with Gasteiger partial charge in [0, 0.05) is 24.3 Å². The van der Waals surface area contributed by atoms with Gasteiger partial charge in [-0.3, -0.25) is 4.79 Å². The fraction of sp³-hybridized carbons (Fsp3) is 0.364. The van der Waals surface area contributed by atoms with E-state index in [2.05, 4.69) is 5.32 Å². The lowest BCUT2D eigenvalue weighted by Gasteiger charge is -2.14. The summed E-state index contributed by atoms with van der Waals surface area (Å²) < 4.78 is 27.8. The molecule has 1 atom stereocenters. The van der Waals surface area contributed by atoms with Crippen LogP contribution in [0.4, 0.5) is 0 Å². The molecule has 0 saturated carbocycles. The van der Waals surface area contributed by atoms with Crippen molar-refractivity contribution in [1.29, 1.82) is 0 Å². The van der Waals surface area contributed by atoms with Crippen LogP contribution < -0.4 is 5.32 Å². The lowest BCUT2D eigenvalue weighted by molar-refractivity contribution is 0.0870. The number of nitrogens with one attached hydrogen (secondary N) is 1. The average Bonchev–Trinajstić information content (AvgIpc) is 2.38. The van der Waals surface area contributed by atoms with Crippen LogP contribution in [0.3, 0.4) is 0 Å². The first kappa shape index (κ1) is 18.8. The van der Waals surface area contributed by atoms with Crippen molar-refractivity contribution in [2.75, 3.05) is 13.7 Å². The minimum atomic E-state index is -4.17. The van der Waals surface area contributed by atoms with E-state index in [-0.39, 0.29) is 33.3 Å². The van der Waals surface area contributed by atoms with Crippen LogP contribution in [0.2, 0.25) is 15.1 Å². The number of benzene rings is 1. The molecule has 0 aliphatic rings. The van der Waals surface area contributed by atoms with Gasteiger partial charge in [0.1, 0.15) is 4.90 Å². The third-order valence-corrected chi connectivity index (χ3v) is 5.20. The predicted octanol–water partition coefficient (Wildman–Crippen LogP) is 3.34. The molecule has 0 heterocycles. The van der Waals surface area contributed by atoms with Crippen molar-refractivity contribution in [3.05, 3.63) is 26.7 Å². The fourth-order valence-corrected chi connectivity index (χ4v) is 3.52. The van der Waals surface area contributed by atoms with Gasteiger partial charge in [0.2, 0.25) is 0 Å². The second kappa shape index (κ2) is 7.35. The summed E-state index contributed by atoms with van der Waals surface area (Å²) in [6.45, 7) is 1.91. The number of rotatable bonds is 5. The Balaban J connectivity index is 3.29. The second-order valence-corrected chi connectivity index (χ2v) is 7.75. The van der Waals surface area contributed by atoms with E-state index >= 15 is 0 Å². The molecule has 1 rings (SSSR count). The lowest BCUT2D eigenvalue weighted by atomic mass is 10.2. The number of amides is 1. The zero-order valence-electron chi connectivity index (χ0n) is 10.9.